The Labute approximate surface area is 500 Å². The number of nitrogens with one attached hydrogen (secondary N) is 1. The Bertz CT molecular complexity index is 3120. The smallest absolute Gasteiger partial charge is 0.405 e. The number of rotatable bonds is 10. The molecule has 0 aliphatic heterocycles. The van der Waals surface area contributed by atoms with Crippen LogP contribution in [0.5, 0.6) is 5.88 Å². The van der Waals surface area contributed by atoms with Crippen molar-refractivity contribution in [2.75, 3.05) is 16.9 Å². The molecule has 84 heavy (non-hydrogen) atoms. The number of alkyl halides is 6. The first-order valence-electron chi connectivity index (χ1n) is 28.3. The number of anilines is 2. The monoisotopic (exact) mass is 1250 g/mol. The van der Waals surface area contributed by atoms with Gasteiger partial charge in [0.05, 0.1) is 34.3 Å². The lowest BCUT2D eigenvalue weighted by molar-refractivity contribution is -0.169. The molecular weight excluding hydrogens is 1190 g/mol. The van der Waals surface area contributed by atoms with Gasteiger partial charge >= 0.3 is 24.3 Å². The van der Waals surface area contributed by atoms with E-state index in [1.54, 1.807) is 28.0 Å². The second-order valence-electron chi connectivity index (χ2n) is 22.9. The minimum atomic E-state index is -4.44. The van der Waals surface area contributed by atoms with E-state index in [4.69, 9.17) is 32.7 Å². The number of hydrogen-bond donors (Lipinski definition) is 3. The van der Waals surface area contributed by atoms with Crippen molar-refractivity contribution in [2.24, 2.45) is 34.5 Å². The van der Waals surface area contributed by atoms with Gasteiger partial charge in [-0.05, 0) is 165 Å². The molecule has 6 saturated carbocycles. The topological polar surface area (TPSA) is 205 Å². The van der Waals surface area contributed by atoms with Gasteiger partial charge in [-0.15, -0.1) is 38.0 Å². The molecule has 0 unspecified atom stereocenters. The van der Waals surface area contributed by atoms with E-state index in [0.29, 0.717) is 103 Å². The molecular formula is C59H66Cl2F6N6O9S2. The number of methoxy groups -OCH3 is 1. The van der Waals surface area contributed by atoms with Crippen molar-refractivity contribution in [3.63, 3.8) is 0 Å². The average Bonchev–Trinajstić information content (AvgIpc) is 2.54. The predicted octanol–water partition coefficient (Wildman–Crippen LogP) is 13.2. The number of carboxylic acid groups (broad SMARTS) is 1. The Morgan fingerprint density at radius 3 is 1.46 bits per heavy atom. The molecule has 25 heteroatoms. The van der Waals surface area contributed by atoms with Crippen molar-refractivity contribution in [1.82, 2.24) is 20.4 Å². The number of aromatic amines is 1. The first kappa shape index (κ1) is 64.3. The summed E-state index contributed by atoms with van der Waals surface area (Å²) in [6.45, 7) is 4.32. The van der Waals surface area contributed by atoms with Crippen LogP contribution in [0.4, 0.5) is 37.7 Å². The number of carboxylic acids is 1. The lowest BCUT2D eigenvalue weighted by atomic mass is 9.81. The number of ether oxygens (including phenoxy) is 2. The van der Waals surface area contributed by atoms with Gasteiger partial charge in [0.25, 0.3) is 5.56 Å². The van der Waals surface area contributed by atoms with E-state index >= 15 is 0 Å². The zero-order chi connectivity index (χ0) is 60.7. The van der Waals surface area contributed by atoms with Crippen LogP contribution in [0.2, 0.25) is 10.3 Å². The molecule has 0 saturated heterocycles. The lowest BCUT2D eigenvalue weighted by Crippen LogP contribution is -2.47. The number of halogens is 8. The molecule has 6 aliphatic rings. The molecule has 0 radical (unpaired) electrons. The van der Waals surface area contributed by atoms with Crippen LogP contribution in [0.1, 0.15) is 171 Å². The number of carbonyl (C=O) groups is 4. The van der Waals surface area contributed by atoms with Crippen molar-refractivity contribution >= 4 is 81.0 Å². The maximum Gasteiger partial charge on any atom is 0.405 e. The van der Waals surface area contributed by atoms with E-state index in [1.807, 2.05) is 0 Å². The van der Waals surface area contributed by atoms with Crippen LogP contribution < -0.4 is 20.1 Å². The van der Waals surface area contributed by atoms with Gasteiger partial charge in [0.15, 0.2) is 10.3 Å². The highest BCUT2D eigenvalue weighted by atomic mass is 35.5. The fourth-order valence-electron chi connectivity index (χ4n) is 11.2. The van der Waals surface area contributed by atoms with Gasteiger partial charge in [-0.1, -0.05) is 60.7 Å². The predicted molar refractivity (Wildman–Crippen MR) is 305 cm³/mol. The van der Waals surface area contributed by atoms with Crippen molar-refractivity contribution in [3.05, 3.63) is 76.6 Å². The Morgan fingerprint density at radius 2 is 1.08 bits per heavy atom. The van der Waals surface area contributed by atoms with Gasteiger partial charge in [0.2, 0.25) is 17.7 Å². The van der Waals surface area contributed by atoms with Gasteiger partial charge in [0, 0.05) is 36.1 Å². The summed E-state index contributed by atoms with van der Waals surface area (Å²) in [5.41, 5.74) is -3.77. The molecule has 0 aromatic carbocycles. The van der Waals surface area contributed by atoms with E-state index in [-0.39, 0.29) is 93.4 Å². The number of aromatic carboxylic acids is 1. The normalized spacial score (nSPS) is 25.0. The van der Waals surface area contributed by atoms with Crippen LogP contribution in [0.15, 0.2) is 41.2 Å². The molecule has 0 bridgehead atoms. The molecule has 0 atom stereocenters. The van der Waals surface area contributed by atoms with Crippen molar-refractivity contribution in [2.45, 2.75) is 179 Å². The SMILES string of the molecule is CC1CCC(C(=O)N(c2cc(C#CC3(C(F)(F)F)CC3)sc2C(=O)O)C2CCC(Oc3ccc(=O)[nH]n3)CC2)CC1.COC(=O)c1sc(C#CC2(C(F)(F)F)CC2)cc1N(C(=O)C1CCC(C)CC1)C1CCC(O)CC1.Clc1ccc(Cl)nn1. The van der Waals surface area contributed by atoms with Crippen LogP contribution in [0, 0.1) is 58.2 Å². The summed E-state index contributed by atoms with van der Waals surface area (Å²) in [4.78, 5) is 68.0. The van der Waals surface area contributed by atoms with Crippen LogP contribution in [0.25, 0.3) is 0 Å². The summed E-state index contributed by atoms with van der Waals surface area (Å²) in [6, 6.07) is 8.52. The molecule has 10 rings (SSSR count). The van der Waals surface area contributed by atoms with E-state index in [0.717, 1.165) is 61.2 Å². The van der Waals surface area contributed by atoms with Crippen LogP contribution in [-0.2, 0) is 14.3 Å². The maximum absolute atomic E-state index is 14.0. The summed E-state index contributed by atoms with van der Waals surface area (Å²) >= 11 is 12.5. The number of amides is 2. The Kier molecular flexibility index (Phi) is 20.9. The van der Waals surface area contributed by atoms with Crippen molar-refractivity contribution in [1.29, 1.82) is 0 Å². The third-order valence-electron chi connectivity index (χ3n) is 16.7. The zero-order valence-electron chi connectivity index (χ0n) is 46.6. The number of aromatic nitrogens is 4. The quantitative estimate of drug-likeness (QED) is 0.0771. The second-order valence-corrected chi connectivity index (χ2v) is 25.8. The van der Waals surface area contributed by atoms with Gasteiger partial charge in [-0.2, -0.15) is 26.3 Å². The number of aliphatic hydroxyl groups is 1. The zero-order valence-corrected chi connectivity index (χ0v) is 49.7. The highest BCUT2D eigenvalue weighted by molar-refractivity contribution is 7.15. The van der Waals surface area contributed by atoms with Crippen molar-refractivity contribution < 1.29 is 65.2 Å². The molecule has 6 fully saturated rings. The van der Waals surface area contributed by atoms with E-state index in [9.17, 15) is 60.5 Å². The molecule has 454 valence electrons. The molecule has 0 spiro atoms. The lowest BCUT2D eigenvalue weighted by Gasteiger charge is -2.39. The Hall–Kier alpha value is -5.72. The number of aliphatic hydroxyl groups excluding tert-OH is 1. The molecule has 4 heterocycles. The first-order valence-corrected chi connectivity index (χ1v) is 30.7. The number of carbonyl (C=O) groups excluding carboxylic acids is 3. The molecule has 2 amide bonds. The molecule has 6 aliphatic carbocycles. The number of H-pyrrole nitrogens is 1. The third-order valence-corrected chi connectivity index (χ3v) is 19.2. The van der Waals surface area contributed by atoms with Gasteiger partial charge in [-0.25, -0.2) is 14.7 Å². The maximum atomic E-state index is 14.0. The van der Waals surface area contributed by atoms with Gasteiger partial charge in [0.1, 0.15) is 26.7 Å². The van der Waals surface area contributed by atoms with Gasteiger partial charge in [-0.3, -0.25) is 14.4 Å². The summed E-state index contributed by atoms with van der Waals surface area (Å²) in [5.74, 6) is 8.84. The molecule has 4 aromatic rings. The number of esters is 1. The highest BCUT2D eigenvalue weighted by Crippen LogP contribution is 2.58. The number of hydrogen-bond acceptors (Lipinski definition) is 13. The molecule has 3 N–H and O–H groups in total. The number of nitrogens with zero attached hydrogens (tertiary/aromatic N) is 5. The number of thiophene rings is 2. The minimum Gasteiger partial charge on any atom is -0.477 e. The summed E-state index contributed by atoms with van der Waals surface area (Å²) < 4.78 is 91.3. The molecule has 4 aromatic heterocycles. The van der Waals surface area contributed by atoms with Crippen molar-refractivity contribution in [3.8, 4) is 29.6 Å². The summed E-state index contributed by atoms with van der Waals surface area (Å²) in [6.07, 6.45) is 1.53. The highest BCUT2D eigenvalue weighted by Gasteiger charge is 2.63. The van der Waals surface area contributed by atoms with E-state index in [1.165, 1.54) is 25.3 Å². The Morgan fingerprint density at radius 1 is 0.655 bits per heavy atom. The standard InChI is InChI=1S/C29H32F3N3O5S.C26H32F3NO4S.C4H2Cl2N2/c1-17-2-4-18(5-3-17)26(37)35(19-6-8-20(9-7-19)40-24-11-10-23(36)33-34-24)22-16-21(41-25(22)27(38)39)12-13-28(14-15-28)29(30,31)32;1-16-3-5-17(6-4-16)23(32)30(18-7-9-19(31)10-8-18)21-15-20(35-22(21)24(33)34-2)11-12-25(13-14-25)26(27,28)29;5-3-1-2-4(6)8-7-3/h10-11,16-20H,2-9,14-15H2,1H3,(H,33,36)(H,38,39);15-19,31H,3-10,13-14H2,1-2H3;1-2H. The fraction of sp³-hybridized carbons (Fsp3) is 0.593. The minimum absolute atomic E-state index is 0.0271. The second kappa shape index (κ2) is 27.3. The van der Waals surface area contributed by atoms with Crippen LogP contribution >= 0.6 is 45.9 Å². The largest absolute Gasteiger partial charge is 0.477 e. The molecule has 15 nitrogen and oxygen atoms in total. The van der Waals surface area contributed by atoms with Crippen LogP contribution in [-0.4, -0.2) is 98.1 Å². The average molecular weight is 1250 g/mol. The fourth-order valence-corrected chi connectivity index (χ4v) is 13.2. The summed E-state index contributed by atoms with van der Waals surface area (Å²) in [7, 11) is 1.24. The third kappa shape index (κ3) is 16.0. The van der Waals surface area contributed by atoms with E-state index < -0.39 is 41.2 Å². The summed E-state index contributed by atoms with van der Waals surface area (Å²) in [5, 5.41) is 33.9. The first-order chi connectivity index (χ1) is 39.8. The van der Waals surface area contributed by atoms with E-state index in [2.05, 4.69) is 57.9 Å². The Balaban J connectivity index is 0.000000195. The van der Waals surface area contributed by atoms with Crippen LogP contribution in [0.3, 0.4) is 0 Å². The van der Waals surface area contributed by atoms with Gasteiger partial charge < -0.3 is 29.5 Å².